The third-order valence-corrected chi connectivity index (χ3v) is 5.75. The molecule has 2 atom stereocenters. The minimum Gasteiger partial charge on any atom is -0.481 e. The number of aliphatic carboxylic acids is 1. The van der Waals surface area contributed by atoms with Gasteiger partial charge in [-0.1, -0.05) is 6.42 Å². The normalized spacial score (nSPS) is 25.3. The molecule has 0 amide bonds. The molecule has 2 aromatic rings. The van der Waals surface area contributed by atoms with E-state index in [9.17, 15) is 20.0 Å². The molecule has 25 heavy (non-hydrogen) atoms. The molecule has 0 radical (unpaired) electrons. The number of carbonyl (C=O) groups is 1. The van der Waals surface area contributed by atoms with Crippen LogP contribution in [0.25, 0.3) is 10.9 Å². The first kappa shape index (κ1) is 15.8. The summed E-state index contributed by atoms with van der Waals surface area (Å²) in [6.07, 6.45) is 2.57. The number of nitro groups is 1. The molecular formula is C18H19N3O4. The minimum atomic E-state index is -0.724. The van der Waals surface area contributed by atoms with E-state index in [1.807, 2.05) is 13.0 Å². The van der Waals surface area contributed by atoms with E-state index in [1.54, 1.807) is 12.1 Å². The van der Waals surface area contributed by atoms with E-state index < -0.39 is 16.3 Å². The molecule has 7 nitrogen and oxygen atoms in total. The van der Waals surface area contributed by atoms with Crippen molar-refractivity contribution in [3.63, 3.8) is 0 Å². The number of nitro benzene ring substituents is 1. The smallest absolute Gasteiger partial charge is 0.311 e. The number of benzene rings is 1. The maximum atomic E-state index is 11.9. The zero-order valence-electron chi connectivity index (χ0n) is 13.9. The number of fused-ring (bicyclic) bond motifs is 2. The molecule has 1 N–H and O–H groups in total. The molecule has 1 saturated heterocycles. The highest BCUT2D eigenvalue weighted by atomic mass is 16.6. The molecule has 1 saturated carbocycles. The summed E-state index contributed by atoms with van der Waals surface area (Å²) in [6, 6.07) is 6.56. The highest BCUT2D eigenvalue weighted by Crippen LogP contribution is 2.50. The first-order chi connectivity index (χ1) is 11.9. The number of non-ortho nitro benzene ring substituents is 1. The molecule has 1 aliphatic heterocycles. The number of pyridine rings is 1. The number of hydrogen-bond donors (Lipinski definition) is 1. The van der Waals surface area contributed by atoms with Gasteiger partial charge in [-0.2, -0.15) is 0 Å². The van der Waals surface area contributed by atoms with Gasteiger partial charge in [-0.15, -0.1) is 0 Å². The van der Waals surface area contributed by atoms with E-state index in [0.717, 1.165) is 24.2 Å². The number of aryl methyl sites for hydroxylation is 1. The van der Waals surface area contributed by atoms with Crippen LogP contribution < -0.4 is 4.90 Å². The van der Waals surface area contributed by atoms with Gasteiger partial charge in [0.25, 0.3) is 5.69 Å². The van der Waals surface area contributed by atoms with Gasteiger partial charge in [0.1, 0.15) is 0 Å². The zero-order valence-corrected chi connectivity index (χ0v) is 13.9. The van der Waals surface area contributed by atoms with E-state index in [1.165, 1.54) is 6.07 Å². The van der Waals surface area contributed by atoms with Crippen molar-refractivity contribution in [1.82, 2.24) is 4.98 Å². The van der Waals surface area contributed by atoms with Crippen LogP contribution in [0.3, 0.4) is 0 Å². The van der Waals surface area contributed by atoms with Gasteiger partial charge >= 0.3 is 5.97 Å². The molecule has 0 unspecified atom stereocenters. The lowest BCUT2D eigenvalue weighted by Gasteiger charge is -2.25. The fraction of sp³-hybridized carbons (Fsp3) is 0.444. The van der Waals surface area contributed by atoms with Gasteiger partial charge in [0.15, 0.2) is 0 Å². The lowest BCUT2D eigenvalue weighted by molar-refractivity contribution is -0.384. The molecule has 7 heteroatoms. The Balaban J connectivity index is 1.83. The third-order valence-electron chi connectivity index (χ3n) is 5.75. The fourth-order valence-electron chi connectivity index (χ4n) is 4.52. The van der Waals surface area contributed by atoms with Crippen LogP contribution in [0.1, 0.15) is 25.0 Å². The second-order valence-electron chi connectivity index (χ2n) is 7.17. The van der Waals surface area contributed by atoms with Crippen LogP contribution in [-0.4, -0.2) is 34.1 Å². The van der Waals surface area contributed by atoms with Gasteiger partial charge in [0.05, 0.1) is 15.9 Å². The molecular weight excluding hydrogens is 322 g/mol. The summed E-state index contributed by atoms with van der Waals surface area (Å²) in [5.41, 5.74) is 1.69. The Hall–Kier alpha value is -2.70. The van der Waals surface area contributed by atoms with E-state index in [-0.39, 0.29) is 11.6 Å². The fourth-order valence-corrected chi connectivity index (χ4v) is 4.52. The predicted molar refractivity (Wildman–Crippen MR) is 92.8 cm³/mol. The Kier molecular flexibility index (Phi) is 3.42. The van der Waals surface area contributed by atoms with Gasteiger partial charge in [-0.25, -0.2) is 0 Å². The summed E-state index contributed by atoms with van der Waals surface area (Å²) in [4.78, 5) is 29.2. The Bertz CT molecular complexity index is 897. The van der Waals surface area contributed by atoms with Crippen molar-refractivity contribution in [3.8, 4) is 0 Å². The molecule has 4 rings (SSSR count). The summed E-state index contributed by atoms with van der Waals surface area (Å²) in [7, 11) is 0. The monoisotopic (exact) mass is 341 g/mol. The molecule has 2 fully saturated rings. The second-order valence-corrected chi connectivity index (χ2v) is 7.17. The Morgan fingerprint density at radius 1 is 1.44 bits per heavy atom. The summed E-state index contributed by atoms with van der Waals surface area (Å²) in [5.74, 6) is -0.592. The summed E-state index contributed by atoms with van der Waals surface area (Å²) in [5, 5.41) is 21.6. The standard InChI is InChI=1S/C18H19N3O4/c1-11-7-16(14-8-13(21(24)25)4-5-15(14)19-11)20-9-12-3-2-6-18(12,10-20)17(22)23/h4-5,7-8,12H,2-3,6,9-10H2,1H3,(H,22,23)/t12-,18+/m0/s1. The SMILES string of the molecule is Cc1cc(N2C[C@@H]3CCC[C@@]3(C(=O)O)C2)c2cc([N+](=O)[O-])ccc2n1. The third kappa shape index (κ3) is 2.33. The number of carboxylic acids is 1. The van der Waals surface area contributed by atoms with E-state index >= 15 is 0 Å². The number of anilines is 1. The number of carboxylic acid groups (broad SMARTS) is 1. The maximum absolute atomic E-state index is 11.9. The number of aromatic nitrogens is 1. The molecule has 1 aromatic carbocycles. The first-order valence-corrected chi connectivity index (χ1v) is 8.45. The van der Waals surface area contributed by atoms with Gasteiger partial charge in [0, 0.05) is 42.0 Å². The van der Waals surface area contributed by atoms with Crippen LogP contribution >= 0.6 is 0 Å². The number of hydrogen-bond acceptors (Lipinski definition) is 5. The average Bonchev–Trinajstić information content (AvgIpc) is 3.11. The van der Waals surface area contributed by atoms with Crippen molar-refractivity contribution < 1.29 is 14.8 Å². The summed E-state index contributed by atoms with van der Waals surface area (Å²) in [6.45, 7) is 3.01. The average molecular weight is 341 g/mol. The topological polar surface area (TPSA) is 96.6 Å². The van der Waals surface area contributed by atoms with Gasteiger partial charge in [-0.3, -0.25) is 19.9 Å². The number of rotatable bonds is 3. The van der Waals surface area contributed by atoms with E-state index in [2.05, 4.69) is 9.88 Å². The van der Waals surface area contributed by atoms with Crippen molar-refractivity contribution in [2.75, 3.05) is 18.0 Å². The van der Waals surface area contributed by atoms with Crippen molar-refractivity contribution in [2.24, 2.45) is 11.3 Å². The van der Waals surface area contributed by atoms with Gasteiger partial charge in [0.2, 0.25) is 0 Å². The zero-order chi connectivity index (χ0) is 17.8. The van der Waals surface area contributed by atoms with Crippen molar-refractivity contribution in [2.45, 2.75) is 26.2 Å². The minimum absolute atomic E-state index is 0.0201. The lowest BCUT2D eigenvalue weighted by Crippen LogP contribution is -2.35. The Morgan fingerprint density at radius 3 is 2.92 bits per heavy atom. The molecule has 1 aliphatic carbocycles. The van der Waals surface area contributed by atoms with Crippen LogP contribution in [0.15, 0.2) is 24.3 Å². The summed E-state index contributed by atoms with van der Waals surface area (Å²) >= 11 is 0. The summed E-state index contributed by atoms with van der Waals surface area (Å²) < 4.78 is 0. The Labute approximate surface area is 144 Å². The van der Waals surface area contributed by atoms with Crippen molar-refractivity contribution in [3.05, 3.63) is 40.1 Å². The number of nitrogens with zero attached hydrogens (tertiary/aromatic N) is 3. The van der Waals surface area contributed by atoms with Gasteiger partial charge in [-0.05, 0) is 37.8 Å². The van der Waals surface area contributed by atoms with E-state index in [0.29, 0.717) is 30.4 Å². The highest BCUT2D eigenvalue weighted by Gasteiger charge is 2.55. The quantitative estimate of drug-likeness (QED) is 0.680. The van der Waals surface area contributed by atoms with Crippen molar-refractivity contribution >= 4 is 28.2 Å². The molecule has 2 heterocycles. The van der Waals surface area contributed by atoms with Crippen LogP contribution in [-0.2, 0) is 4.79 Å². The first-order valence-electron chi connectivity index (χ1n) is 8.45. The van der Waals surface area contributed by atoms with Gasteiger partial charge < -0.3 is 10.0 Å². The Morgan fingerprint density at radius 2 is 2.24 bits per heavy atom. The molecule has 130 valence electrons. The van der Waals surface area contributed by atoms with Crippen LogP contribution in [0.4, 0.5) is 11.4 Å². The molecule has 1 aromatic heterocycles. The van der Waals surface area contributed by atoms with Crippen LogP contribution in [0.5, 0.6) is 0 Å². The largest absolute Gasteiger partial charge is 0.481 e. The van der Waals surface area contributed by atoms with Crippen molar-refractivity contribution in [1.29, 1.82) is 0 Å². The maximum Gasteiger partial charge on any atom is 0.311 e. The molecule has 2 aliphatic rings. The van der Waals surface area contributed by atoms with Crippen LogP contribution in [0, 0.1) is 28.4 Å². The highest BCUT2D eigenvalue weighted by molar-refractivity contribution is 5.94. The molecule has 0 spiro atoms. The lowest BCUT2D eigenvalue weighted by atomic mass is 9.81. The second kappa shape index (κ2) is 5.40. The molecule has 0 bridgehead atoms. The van der Waals surface area contributed by atoms with E-state index in [4.69, 9.17) is 0 Å². The predicted octanol–water partition coefficient (Wildman–Crippen LogP) is 3.14. The van der Waals surface area contributed by atoms with Crippen LogP contribution in [0.2, 0.25) is 0 Å².